The van der Waals surface area contributed by atoms with Crippen molar-refractivity contribution in [1.82, 2.24) is 15.2 Å². The Bertz CT molecular complexity index is 557. The molecule has 0 aliphatic carbocycles. The summed E-state index contributed by atoms with van der Waals surface area (Å²) in [5.41, 5.74) is 0.714. The van der Waals surface area contributed by atoms with Gasteiger partial charge in [0.25, 0.3) is 0 Å². The van der Waals surface area contributed by atoms with Gasteiger partial charge in [-0.15, -0.1) is 5.10 Å². The Labute approximate surface area is 114 Å². The summed E-state index contributed by atoms with van der Waals surface area (Å²) in [4.78, 5) is 4.33. The summed E-state index contributed by atoms with van der Waals surface area (Å²) in [6, 6.07) is 3.94. The largest absolute Gasteiger partial charge is 0.262 e. The lowest BCUT2D eigenvalue weighted by Crippen LogP contribution is -1.93. The maximum atomic E-state index is 13.2. The van der Waals surface area contributed by atoms with Crippen molar-refractivity contribution in [2.75, 3.05) is 0 Å². The molecule has 0 aliphatic heterocycles. The van der Waals surface area contributed by atoms with Crippen LogP contribution in [0.25, 0.3) is 0 Å². The molecule has 1 atom stereocenters. The number of aryl methyl sites for hydroxylation is 1. The summed E-state index contributed by atoms with van der Waals surface area (Å²) in [7, 11) is 0. The van der Waals surface area contributed by atoms with E-state index in [4.69, 9.17) is 0 Å². The van der Waals surface area contributed by atoms with E-state index in [1.165, 1.54) is 17.8 Å². The van der Waals surface area contributed by atoms with Crippen molar-refractivity contribution in [3.63, 3.8) is 0 Å². The molecule has 0 saturated carbocycles. The number of aromatic nitrogens is 3. The van der Waals surface area contributed by atoms with Crippen molar-refractivity contribution >= 4 is 11.8 Å². The van der Waals surface area contributed by atoms with Crippen LogP contribution < -0.4 is 0 Å². The highest BCUT2D eigenvalue weighted by molar-refractivity contribution is 7.99. The van der Waals surface area contributed by atoms with Gasteiger partial charge in [0.1, 0.15) is 5.82 Å². The minimum absolute atomic E-state index is 0.0413. The maximum Gasteiger partial charge on any atom is 0.209 e. The molecule has 1 N–H and O–H groups in total. The van der Waals surface area contributed by atoms with Crippen LogP contribution in [0.5, 0.6) is 0 Å². The van der Waals surface area contributed by atoms with Crippen LogP contribution in [0.15, 0.2) is 23.4 Å². The van der Waals surface area contributed by atoms with E-state index in [1.54, 1.807) is 6.07 Å². The van der Waals surface area contributed by atoms with E-state index in [2.05, 4.69) is 22.1 Å². The highest BCUT2D eigenvalue weighted by Crippen LogP contribution is 2.33. The van der Waals surface area contributed by atoms with Gasteiger partial charge in [-0.25, -0.2) is 13.8 Å². The van der Waals surface area contributed by atoms with Gasteiger partial charge in [0.05, 0.1) is 0 Å². The summed E-state index contributed by atoms with van der Waals surface area (Å²) in [6.07, 6.45) is 1.85. The topological polar surface area (TPSA) is 41.6 Å². The SMILES string of the molecule is CCCc1nc(S[C@H](C)c2ccc(F)c(F)c2)n[nH]1. The lowest BCUT2D eigenvalue weighted by Gasteiger charge is -2.09. The van der Waals surface area contributed by atoms with Crippen LogP contribution in [-0.2, 0) is 6.42 Å². The van der Waals surface area contributed by atoms with E-state index in [1.807, 2.05) is 6.92 Å². The van der Waals surface area contributed by atoms with E-state index in [9.17, 15) is 8.78 Å². The molecule has 1 heterocycles. The third-order valence-electron chi connectivity index (χ3n) is 2.69. The minimum Gasteiger partial charge on any atom is -0.262 e. The molecule has 1 aromatic heterocycles. The molecule has 102 valence electrons. The number of thioether (sulfide) groups is 1. The van der Waals surface area contributed by atoms with Crippen molar-refractivity contribution < 1.29 is 8.78 Å². The zero-order valence-electron chi connectivity index (χ0n) is 10.8. The van der Waals surface area contributed by atoms with Gasteiger partial charge in [-0.05, 0) is 31.0 Å². The molecule has 0 radical (unpaired) electrons. The van der Waals surface area contributed by atoms with E-state index in [0.717, 1.165) is 24.7 Å². The van der Waals surface area contributed by atoms with Crippen LogP contribution in [0.3, 0.4) is 0 Å². The van der Waals surface area contributed by atoms with Crippen LogP contribution in [0, 0.1) is 11.6 Å². The first-order valence-electron chi connectivity index (χ1n) is 6.13. The van der Waals surface area contributed by atoms with Gasteiger partial charge in [0.2, 0.25) is 5.16 Å². The lowest BCUT2D eigenvalue weighted by molar-refractivity contribution is 0.507. The molecule has 0 saturated heterocycles. The second-order valence-corrected chi connectivity index (χ2v) is 5.56. The molecule has 0 fully saturated rings. The average Bonchev–Trinajstić information content (AvgIpc) is 2.80. The third kappa shape index (κ3) is 3.53. The Morgan fingerprint density at radius 1 is 1.32 bits per heavy atom. The standard InChI is InChI=1S/C13H15F2N3S/c1-3-4-12-16-13(18-17-12)19-8(2)9-5-6-10(14)11(15)7-9/h5-8H,3-4H2,1-2H3,(H,16,17,18)/t8-/m1/s1. The molecule has 3 nitrogen and oxygen atoms in total. The molecule has 6 heteroatoms. The predicted octanol–water partition coefficient (Wildman–Crippen LogP) is 3.89. The molecule has 0 aliphatic rings. The maximum absolute atomic E-state index is 13.2. The van der Waals surface area contributed by atoms with Crippen LogP contribution in [0.1, 0.15) is 36.9 Å². The molecular formula is C13H15F2N3S. The van der Waals surface area contributed by atoms with E-state index < -0.39 is 11.6 Å². The number of aromatic amines is 1. The fourth-order valence-electron chi connectivity index (χ4n) is 1.67. The first-order valence-corrected chi connectivity index (χ1v) is 7.01. The Balaban J connectivity index is 2.06. The second kappa shape index (κ2) is 6.14. The summed E-state index contributed by atoms with van der Waals surface area (Å²) in [6.45, 7) is 3.98. The van der Waals surface area contributed by atoms with Gasteiger partial charge >= 0.3 is 0 Å². The summed E-state index contributed by atoms with van der Waals surface area (Å²) in [5, 5.41) is 7.55. The fourth-order valence-corrected chi connectivity index (χ4v) is 2.53. The summed E-state index contributed by atoms with van der Waals surface area (Å²) >= 11 is 1.42. The number of rotatable bonds is 5. The highest BCUT2D eigenvalue weighted by Gasteiger charge is 2.13. The lowest BCUT2D eigenvalue weighted by atomic mass is 10.1. The van der Waals surface area contributed by atoms with Crippen molar-refractivity contribution in [2.45, 2.75) is 37.1 Å². The van der Waals surface area contributed by atoms with Crippen LogP contribution in [0.4, 0.5) is 8.78 Å². The van der Waals surface area contributed by atoms with Crippen LogP contribution >= 0.6 is 11.8 Å². The van der Waals surface area contributed by atoms with Crippen molar-refractivity contribution in [2.24, 2.45) is 0 Å². The molecule has 0 unspecified atom stereocenters. The first kappa shape index (κ1) is 14.0. The summed E-state index contributed by atoms with van der Waals surface area (Å²) in [5.74, 6) is -0.807. The number of hydrogen-bond donors (Lipinski definition) is 1. The van der Waals surface area contributed by atoms with Gasteiger partial charge in [0, 0.05) is 11.7 Å². The molecule has 2 rings (SSSR count). The van der Waals surface area contributed by atoms with Gasteiger partial charge in [-0.2, -0.15) is 0 Å². The smallest absolute Gasteiger partial charge is 0.209 e. The number of nitrogens with zero attached hydrogens (tertiary/aromatic N) is 2. The molecule has 0 spiro atoms. The normalized spacial score (nSPS) is 12.6. The Hall–Kier alpha value is -1.43. The van der Waals surface area contributed by atoms with E-state index in [0.29, 0.717) is 10.7 Å². The van der Waals surface area contributed by atoms with E-state index in [-0.39, 0.29) is 5.25 Å². The molecule has 0 bridgehead atoms. The van der Waals surface area contributed by atoms with Crippen molar-refractivity contribution in [3.8, 4) is 0 Å². The molecule has 2 aromatic rings. The number of hydrogen-bond acceptors (Lipinski definition) is 3. The van der Waals surface area contributed by atoms with Crippen molar-refractivity contribution in [3.05, 3.63) is 41.2 Å². The molecular weight excluding hydrogens is 268 g/mol. The van der Waals surface area contributed by atoms with Gasteiger partial charge in [-0.1, -0.05) is 24.8 Å². The Morgan fingerprint density at radius 3 is 2.79 bits per heavy atom. The highest BCUT2D eigenvalue weighted by atomic mass is 32.2. The van der Waals surface area contributed by atoms with Gasteiger partial charge in [0.15, 0.2) is 11.6 Å². The summed E-state index contributed by atoms with van der Waals surface area (Å²) < 4.78 is 26.0. The minimum atomic E-state index is -0.830. The van der Waals surface area contributed by atoms with Crippen molar-refractivity contribution in [1.29, 1.82) is 0 Å². The number of benzene rings is 1. The Kier molecular flexibility index (Phi) is 4.52. The zero-order valence-corrected chi connectivity index (χ0v) is 11.6. The monoisotopic (exact) mass is 283 g/mol. The Morgan fingerprint density at radius 2 is 2.11 bits per heavy atom. The molecule has 19 heavy (non-hydrogen) atoms. The zero-order chi connectivity index (χ0) is 13.8. The second-order valence-electron chi connectivity index (χ2n) is 4.25. The number of H-pyrrole nitrogens is 1. The van der Waals surface area contributed by atoms with Crippen LogP contribution in [0.2, 0.25) is 0 Å². The predicted molar refractivity (Wildman–Crippen MR) is 71.0 cm³/mol. The quantitative estimate of drug-likeness (QED) is 0.846. The number of halogens is 2. The average molecular weight is 283 g/mol. The fraction of sp³-hybridized carbons (Fsp3) is 0.385. The third-order valence-corrected chi connectivity index (χ3v) is 3.71. The van der Waals surface area contributed by atoms with Gasteiger partial charge < -0.3 is 0 Å². The molecule has 0 amide bonds. The van der Waals surface area contributed by atoms with Gasteiger partial charge in [-0.3, -0.25) is 5.10 Å². The number of nitrogens with one attached hydrogen (secondary N) is 1. The van der Waals surface area contributed by atoms with Crippen LogP contribution in [-0.4, -0.2) is 15.2 Å². The molecule has 1 aromatic carbocycles. The first-order chi connectivity index (χ1) is 9.10. The van der Waals surface area contributed by atoms with E-state index >= 15 is 0 Å².